The molecule has 3 heteroatoms. The normalized spacial score (nSPS) is 13.4. The second-order valence-electron chi connectivity index (χ2n) is 8.78. The molecule has 0 bridgehead atoms. The van der Waals surface area contributed by atoms with E-state index in [2.05, 4.69) is 99.7 Å². The highest BCUT2D eigenvalue weighted by Crippen LogP contribution is 2.51. The van der Waals surface area contributed by atoms with Crippen LogP contribution in [0.3, 0.4) is 0 Å². The average molecular weight is 448 g/mol. The van der Waals surface area contributed by atoms with E-state index in [9.17, 15) is 0 Å². The van der Waals surface area contributed by atoms with E-state index in [0.717, 1.165) is 31.6 Å². The van der Waals surface area contributed by atoms with Crippen LogP contribution in [0, 0.1) is 13.8 Å². The van der Waals surface area contributed by atoms with Crippen molar-refractivity contribution in [2.24, 2.45) is 0 Å². The van der Waals surface area contributed by atoms with E-state index in [1.807, 2.05) is 7.05 Å². The number of hydrogen-bond donors (Lipinski definition) is 1. The van der Waals surface area contributed by atoms with Crippen molar-refractivity contribution in [1.29, 1.82) is 0 Å². The Bertz CT molecular complexity index is 1000. The maximum atomic E-state index is 6.46. The highest BCUT2D eigenvalue weighted by molar-refractivity contribution is 7.48. The number of benzene rings is 3. The molecule has 3 rings (SSSR count). The first-order chi connectivity index (χ1) is 15.5. The number of rotatable bonds is 11. The lowest BCUT2D eigenvalue weighted by atomic mass is 9.89. The Morgan fingerprint density at radius 2 is 1.62 bits per heavy atom. The predicted molar refractivity (Wildman–Crippen MR) is 141 cm³/mol. The fourth-order valence-corrected chi connectivity index (χ4v) is 6.35. The van der Waals surface area contributed by atoms with E-state index in [1.165, 1.54) is 33.1 Å². The molecular weight excluding hydrogens is 409 g/mol. The van der Waals surface area contributed by atoms with E-state index >= 15 is 0 Å². The summed E-state index contributed by atoms with van der Waals surface area (Å²) in [4.78, 5) is 0. The van der Waals surface area contributed by atoms with Gasteiger partial charge in [-0.25, -0.2) is 0 Å². The summed E-state index contributed by atoms with van der Waals surface area (Å²) < 4.78 is 6.46. The fourth-order valence-electron chi connectivity index (χ4n) is 4.46. The Hall–Kier alpha value is -2.15. The molecule has 0 aliphatic carbocycles. The zero-order chi connectivity index (χ0) is 23.0. The summed E-state index contributed by atoms with van der Waals surface area (Å²) in [5, 5.41) is 4.91. The second-order valence-corrected chi connectivity index (χ2v) is 10.5. The van der Waals surface area contributed by atoms with Gasteiger partial charge in [-0.3, -0.25) is 0 Å². The lowest BCUT2D eigenvalue weighted by Gasteiger charge is -2.36. The van der Waals surface area contributed by atoms with E-state index in [4.69, 9.17) is 4.74 Å². The van der Waals surface area contributed by atoms with Gasteiger partial charge < -0.3 is 10.1 Å². The van der Waals surface area contributed by atoms with Gasteiger partial charge in [-0.05, 0) is 56.2 Å². The zero-order valence-corrected chi connectivity index (χ0v) is 21.3. The Kier molecular flexibility index (Phi) is 8.91. The highest BCUT2D eigenvalue weighted by atomic mass is 31.1. The van der Waals surface area contributed by atoms with Gasteiger partial charge in [0.1, 0.15) is 12.4 Å². The smallest absolute Gasteiger partial charge is 0.123 e. The summed E-state index contributed by atoms with van der Waals surface area (Å²) >= 11 is 0. The maximum Gasteiger partial charge on any atom is 0.123 e. The number of nitrogens with one attached hydrogen (secondary N) is 1. The van der Waals surface area contributed by atoms with Crippen LogP contribution in [0.15, 0.2) is 66.7 Å². The minimum Gasteiger partial charge on any atom is -0.489 e. The second kappa shape index (κ2) is 11.6. The molecule has 0 saturated carbocycles. The Balaban J connectivity index is 2.02. The van der Waals surface area contributed by atoms with Crippen LogP contribution in [0.1, 0.15) is 60.9 Å². The average Bonchev–Trinajstić information content (AvgIpc) is 2.80. The first kappa shape index (κ1) is 24.5. The number of ether oxygens (including phenoxy) is 1. The minimum atomic E-state index is 0.0739. The summed E-state index contributed by atoms with van der Waals surface area (Å²) in [5.74, 6) is 1.03. The van der Waals surface area contributed by atoms with E-state index < -0.39 is 0 Å². The molecule has 0 aliphatic rings. The first-order valence-electron chi connectivity index (χ1n) is 11.8. The predicted octanol–water partition coefficient (Wildman–Crippen LogP) is 7.01. The molecule has 0 heterocycles. The molecule has 170 valence electrons. The summed E-state index contributed by atoms with van der Waals surface area (Å²) in [6.45, 7) is 10.5. The minimum absolute atomic E-state index is 0.0739. The van der Waals surface area contributed by atoms with Gasteiger partial charge in [0.05, 0.1) is 0 Å². The van der Waals surface area contributed by atoms with Gasteiger partial charge in [-0.15, -0.1) is 0 Å². The van der Waals surface area contributed by atoms with Crippen molar-refractivity contribution in [3.8, 4) is 5.75 Å². The summed E-state index contributed by atoms with van der Waals surface area (Å²) in [6.07, 6.45) is 3.40. The maximum absolute atomic E-state index is 6.46. The third kappa shape index (κ3) is 6.00. The zero-order valence-electron chi connectivity index (χ0n) is 20.3. The topological polar surface area (TPSA) is 21.3 Å². The summed E-state index contributed by atoms with van der Waals surface area (Å²) in [5.41, 5.74) is 6.61. The molecule has 0 amide bonds. The lowest BCUT2D eigenvalue weighted by molar-refractivity contribution is 0.298. The van der Waals surface area contributed by atoms with E-state index in [0.29, 0.717) is 15.2 Å². The van der Waals surface area contributed by atoms with Crippen LogP contribution >= 0.6 is 8.58 Å². The molecule has 2 unspecified atom stereocenters. The third-order valence-corrected chi connectivity index (χ3v) is 8.28. The molecule has 2 nitrogen and oxygen atoms in total. The molecule has 0 saturated heterocycles. The summed E-state index contributed by atoms with van der Waals surface area (Å²) in [6, 6.07) is 24.1. The Labute approximate surface area is 196 Å². The van der Waals surface area contributed by atoms with Crippen LogP contribution in [0.25, 0.3) is 0 Å². The first-order valence-corrected chi connectivity index (χ1v) is 12.8. The quantitative estimate of drug-likeness (QED) is 0.319. The standard InChI is InChI=1S/C29H38NOP/c1-6-17-29(7-2,32-28-16-14-22(3)18-25(28)20-30-5)26-19-23(4)13-15-27(26)31-21-24-11-9-8-10-12-24/h8-16,18-19,30,32H,6-7,17,20-21H2,1-5H3. The van der Waals surface area contributed by atoms with Crippen molar-refractivity contribution in [1.82, 2.24) is 5.32 Å². The molecule has 1 N–H and O–H groups in total. The van der Waals surface area contributed by atoms with Gasteiger partial charge in [0.2, 0.25) is 0 Å². The van der Waals surface area contributed by atoms with Crippen LogP contribution in [-0.4, -0.2) is 7.05 Å². The molecule has 3 aromatic rings. The van der Waals surface area contributed by atoms with Crippen molar-refractivity contribution in [2.75, 3.05) is 7.05 Å². The van der Waals surface area contributed by atoms with Gasteiger partial charge in [-0.1, -0.05) is 101 Å². The van der Waals surface area contributed by atoms with Gasteiger partial charge in [0.15, 0.2) is 0 Å². The summed E-state index contributed by atoms with van der Waals surface area (Å²) in [7, 11) is 2.73. The molecule has 2 atom stereocenters. The SMILES string of the molecule is CCCC(CC)(Pc1ccc(C)cc1CNC)c1cc(C)ccc1OCc1ccccc1. The van der Waals surface area contributed by atoms with Gasteiger partial charge in [0.25, 0.3) is 0 Å². The molecular formula is C29H38NOP. The van der Waals surface area contributed by atoms with Crippen LogP contribution in [0.2, 0.25) is 0 Å². The van der Waals surface area contributed by atoms with Crippen molar-refractivity contribution < 1.29 is 4.74 Å². The largest absolute Gasteiger partial charge is 0.489 e. The van der Waals surface area contributed by atoms with Gasteiger partial charge >= 0.3 is 0 Å². The van der Waals surface area contributed by atoms with Crippen LogP contribution in [0.4, 0.5) is 0 Å². The molecule has 0 aliphatic heterocycles. The van der Waals surface area contributed by atoms with E-state index in [1.54, 1.807) is 0 Å². The van der Waals surface area contributed by atoms with Crippen molar-refractivity contribution in [3.05, 3.63) is 94.5 Å². The van der Waals surface area contributed by atoms with Crippen LogP contribution < -0.4 is 15.4 Å². The number of hydrogen-bond acceptors (Lipinski definition) is 2. The number of aryl methyl sites for hydroxylation is 2. The van der Waals surface area contributed by atoms with Crippen molar-refractivity contribution >= 4 is 13.9 Å². The molecule has 0 spiro atoms. The monoisotopic (exact) mass is 447 g/mol. The van der Waals surface area contributed by atoms with E-state index in [-0.39, 0.29) is 5.16 Å². The fraction of sp³-hybridized carbons (Fsp3) is 0.379. The molecule has 0 aromatic heterocycles. The van der Waals surface area contributed by atoms with Crippen LogP contribution in [0.5, 0.6) is 5.75 Å². The van der Waals surface area contributed by atoms with Gasteiger partial charge in [-0.2, -0.15) is 0 Å². The molecule has 3 aromatic carbocycles. The van der Waals surface area contributed by atoms with Crippen LogP contribution in [-0.2, 0) is 18.3 Å². The van der Waals surface area contributed by atoms with Gasteiger partial charge in [0, 0.05) is 17.3 Å². The molecule has 0 fully saturated rings. The molecule has 0 radical (unpaired) electrons. The third-order valence-electron chi connectivity index (χ3n) is 6.17. The lowest BCUT2D eigenvalue weighted by Crippen LogP contribution is -2.26. The Morgan fingerprint density at radius 3 is 2.31 bits per heavy atom. The Morgan fingerprint density at radius 1 is 0.906 bits per heavy atom. The van der Waals surface area contributed by atoms with Crippen molar-refractivity contribution in [2.45, 2.75) is 65.3 Å². The molecule has 32 heavy (non-hydrogen) atoms. The highest BCUT2D eigenvalue weighted by Gasteiger charge is 2.33. The van der Waals surface area contributed by atoms with Crippen molar-refractivity contribution in [3.63, 3.8) is 0 Å².